The van der Waals surface area contributed by atoms with Gasteiger partial charge in [-0.3, -0.25) is 4.90 Å². The van der Waals surface area contributed by atoms with Gasteiger partial charge in [0.05, 0.1) is 10.6 Å². The second-order valence-electron chi connectivity index (χ2n) is 4.20. The molecular formula is C11H12BrNO3. The first kappa shape index (κ1) is 10.4. The Hall–Kier alpha value is -0.780. The quantitative estimate of drug-likeness (QED) is 0.787. The van der Waals surface area contributed by atoms with E-state index in [1.54, 1.807) is 0 Å². The van der Waals surface area contributed by atoms with Gasteiger partial charge in [-0.2, -0.15) is 0 Å². The fourth-order valence-corrected chi connectivity index (χ4v) is 2.91. The molecular weight excluding hydrogens is 274 g/mol. The molecule has 1 N–H and O–H groups in total. The highest BCUT2D eigenvalue weighted by molar-refractivity contribution is 9.10. The molecule has 0 saturated carbocycles. The molecule has 0 aromatic heterocycles. The number of benzene rings is 1. The summed E-state index contributed by atoms with van der Waals surface area (Å²) in [5.74, 6) is 1.47. The van der Waals surface area contributed by atoms with Crippen molar-refractivity contribution >= 4 is 15.9 Å². The van der Waals surface area contributed by atoms with E-state index >= 15 is 0 Å². The van der Waals surface area contributed by atoms with Gasteiger partial charge in [0, 0.05) is 13.1 Å². The first-order chi connectivity index (χ1) is 7.66. The van der Waals surface area contributed by atoms with Gasteiger partial charge in [-0.1, -0.05) is 0 Å². The number of ether oxygens (including phenoxy) is 2. The molecule has 16 heavy (non-hydrogen) atoms. The number of hydrogen-bond acceptors (Lipinski definition) is 4. The van der Waals surface area contributed by atoms with Gasteiger partial charge in [-0.25, -0.2) is 0 Å². The normalized spacial score (nSPS) is 23.3. The van der Waals surface area contributed by atoms with E-state index in [4.69, 9.17) is 9.47 Å². The first-order valence-electron chi connectivity index (χ1n) is 5.14. The molecule has 4 nitrogen and oxygen atoms in total. The summed E-state index contributed by atoms with van der Waals surface area (Å²) in [6.07, 6.45) is -0.459. The number of fused-ring (bicyclic) bond motifs is 2. The molecule has 0 fully saturated rings. The van der Waals surface area contributed by atoms with E-state index in [1.807, 2.05) is 13.1 Å². The van der Waals surface area contributed by atoms with Gasteiger partial charge in [-0.05, 0) is 40.2 Å². The molecule has 2 aliphatic rings. The van der Waals surface area contributed by atoms with Crippen LogP contribution in [0.5, 0.6) is 11.5 Å². The zero-order chi connectivity index (χ0) is 11.3. The smallest absolute Gasteiger partial charge is 0.231 e. The van der Waals surface area contributed by atoms with Crippen LogP contribution in [0.3, 0.4) is 0 Å². The van der Waals surface area contributed by atoms with Crippen molar-refractivity contribution < 1.29 is 14.6 Å². The van der Waals surface area contributed by atoms with Gasteiger partial charge in [0.15, 0.2) is 11.5 Å². The summed E-state index contributed by atoms with van der Waals surface area (Å²) < 4.78 is 11.6. The minimum atomic E-state index is -0.459. The predicted molar refractivity (Wildman–Crippen MR) is 61.6 cm³/mol. The average Bonchev–Trinajstić information content (AvgIpc) is 2.68. The van der Waals surface area contributed by atoms with Crippen LogP contribution in [0.15, 0.2) is 10.5 Å². The summed E-state index contributed by atoms with van der Waals surface area (Å²) in [6, 6.07) is 1.89. The third-order valence-electron chi connectivity index (χ3n) is 3.01. The Kier molecular flexibility index (Phi) is 2.34. The second-order valence-corrected chi connectivity index (χ2v) is 5.00. The zero-order valence-corrected chi connectivity index (χ0v) is 10.5. The van der Waals surface area contributed by atoms with Crippen LogP contribution in [0.1, 0.15) is 17.2 Å². The molecule has 3 rings (SSSR count). The second kappa shape index (κ2) is 3.61. The van der Waals surface area contributed by atoms with E-state index in [1.165, 1.54) is 0 Å². The number of nitrogens with zero attached hydrogens (tertiary/aromatic N) is 1. The van der Waals surface area contributed by atoms with Crippen molar-refractivity contribution in [2.45, 2.75) is 12.6 Å². The number of rotatable bonds is 0. The fourth-order valence-electron chi connectivity index (χ4n) is 2.25. The number of aliphatic hydroxyl groups is 1. The maximum absolute atomic E-state index is 10.0. The van der Waals surface area contributed by atoms with Crippen LogP contribution < -0.4 is 9.47 Å². The lowest BCUT2D eigenvalue weighted by Gasteiger charge is -2.30. The Morgan fingerprint density at radius 2 is 2.31 bits per heavy atom. The Morgan fingerprint density at radius 3 is 3.12 bits per heavy atom. The molecule has 2 heterocycles. The van der Waals surface area contributed by atoms with Gasteiger partial charge >= 0.3 is 0 Å². The molecule has 0 aliphatic carbocycles. The van der Waals surface area contributed by atoms with E-state index in [-0.39, 0.29) is 6.79 Å². The highest BCUT2D eigenvalue weighted by atomic mass is 79.9. The lowest BCUT2D eigenvalue weighted by atomic mass is 9.97. The summed E-state index contributed by atoms with van der Waals surface area (Å²) >= 11 is 3.53. The molecule has 1 aromatic rings. The third-order valence-corrected chi connectivity index (χ3v) is 3.85. The van der Waals surface area contributed by atoms with Crippen LogP contribution in [0, 0.1) is 0 Å². The fraction of sp³-hybridized carbons (Fsp3) is 0.455. The Balaban J connectivity index is 2.18. The molecule has 1 atom stereocenters. The molecule has 86 valence electrons. The Bertz CT molecular complexity index is 449. The molecule has 2 aliphatic heterocycles. The summed E-state index contributed by atoms with van der Waals surface area (Å²) in [7, 11) is 1.99. The highest BCUT2D eigenvalue weighted by Crippen LogP contribution is 2.45. The van der Waals surface area contributed by atoms with Crippen LogP contribution in [0.2, 0.25) is 0 Å². The van der Waals surface area contributed by atoms with Gasteiger partial charge in [0.2, 0.25) is 6.79 Å². The highest BCUT2D eigenvalue weighted by Gasteiger charge is 2.29. The molecule has 1 aromatic carbocycles. The SMILES string of the molecule is CN1Cc2c(cc3c(c2Br)OCO3)[C@@H](O)C1. The Morgan fingerprint density at radius 1 is 1.50 bits per heavy atom. The van der Waals surface area contributed by atoms with Crippen LogP contribution in [0.25, 0.3) is 0 Å². The maximum Gasteiger partial charge on any atom is 0.231 e. The Labute approximate surface area is 102 Å². The number of hydrogen-bond donors (Lipinski definition) is 1. The number of aliphatic hydroxyl groups excluding tert-OH is 1. The van der Waals surface area contributed by atoms with Gasteiger partial charge in [0.1, 0.15) is 0 Å². The molecule has 0 amide bonds. The van der Waals surface area contributed by atoms with E-state index in [0.29, 0.717) is 12.3 Å². The van der Waals surface area contributed by atoms with E-state index in [2.05, 4.69) is 20.8 Å². The molecule has 0 radical (unpaired) electrons. The average molecular weight is 286 g/mol. The molecule has 5 heteroatoms. The molecule has 0 unspecified atom stereocenters. The van der Waals surface area contributed by atoms with Crippen LogP contribution in [0.4, 0.5) is 0 Å². The third kappa shape index (κ3) is 1.43. The minimum Gasteiger partial charge on any atom is -0.454 e. The van der Waals surface area contributed by atoms with E-state index in [9.17, 15) is 5.11 Å². The number of β-amino-alcohol motifs (C(OH)–C–C–N with tert-alkyl or cyclic N) is 1. The number of halogens is 1. The minimum absolute atomic E-state index is 0.253. The molecule has 0 saturated heterocycles. The molecule has 0 spiro atoms. The van der Waals surface area contributed by atoms with E-state index < -0.39 is 6.10 Å². The van der Waals surface area contributed by atoms with Crippen molar-refractivity contribution in [3.63, 3.8) is 0 Å². The number of likely N-dealkylation sites (N-methyl/N-ethyl adjacent to an activating group) is 1. The lowest BCUT2D eigenvalue weighted by molar-refractivity contribution is 0.107. The standard InChI is InChI=1S/C11H12BrNO3/c1-13-3-7-6(8(14)4-13)2-9-11(10(7)12)16-5-15-9/h2,8,14H,3-5H2,1H3/t8-/m0/s1. The summed E-state index contributed by atoms with van der Waals surface area (Å²) in [6.45, 7) is 1.71. The topological polar surface area (TPSA) is 41.9 Å². The summed E-state index contributed by atoms with van der Waals surface area (Å²) in [4.78, 5) is 2.08. The molecule has 0 bridgehead atoms. The van der Waals surface area contributed by atoms with Crippen molar-refractivity contribution in [3.05, 3.63) is 21.7 Å². The van der Waals surface area contributed by atoms with Crippen LogP contribution in [-0.4, -0.2) is 30.4 Å². The van der Waals surface area contributed by atoms with Gasteiger partial charge < -0.3 is 14.6 Å². The zero-order valence-electron chi connectivity index (χ0n) is 8.86. The summed E-state index contributed by atoms with van der Waals surface area (Å²) in [5.41, 5.74) is 2.03. The largest absolute Gasteiger partial charge is 0.454 e. The van der Waals surface area contributed by atoms with Crippen molar-refractivity contribution in [2.24, 2.45) is 0 Å². The van der Waals surface area contributed by atoms with Crippen molar-refractivity contribution in [3.8, 4) is 11.5 Å². The lowest BCUT2D eigenvalue weighted by Crippen LogP contribution is -2.30. The summed E-state index contributed by atoms with van der Waals surface area (Å²) in [5, 5.41) is 10.0. The van der Waals surface area contributed by atoms with Gasteiger partial charge in [0.25, 0.3) is 0 Å². The van der Waals surface area contributed by atoms with Gasteiger partial charge in [-0.15, -0.1) is 0 Å². The van der Waals surface area contributed by atoms with Crippen molar-refractivity contribution in [2.75, 3.05) is 20.4 Å². The van der Waals surface area contributed by atoms with Crippen molar-refractivity contribution in [1.29, 1.82) is 0 Å². The first-order valence-corrected chi connectivity index (χ1v) is 5.93. The maximum atomic E-state index is 10.0. The van der Waals surface area contributed by atoms with Crippen LogP contribution >= 0.6 is 15.9 Å². The van der Waals surface area contributed by atoms with Crippen LogP contribution in [-0.2, 0) is 6.54 Å². The van der Waals surface area contributed by atoms with E-state index in [0.717, 1.165) is 27.9 Å². The van der Waals surface area contributed by atoms with Crippen molar-refractivity contribution in [1.82, 2.24) is 4.90 Å². The monoisotopic (exact) mass is 285 g/mol. The predicted octanol–water partition coefficient (Wildman–Crippen LogP) is 1.66.